The summed E-state index contributed by atoms with van der Waals surface area (Å²) in [6.07, 6.45) is 3.12. The van der Waals surface area contributed by atoms with Crippen molar-refractivity contribution in [2.45, 2.75) is 6.92 Å². The van der Waals surface area contributed by atoms with Gasteiger partial charge >= 0.3 is 5.97 Å². The predicted molar refractivity (Wildman–Crippen MR) is 55.7 cm³/mol. The summed E-state index contributed by atoms with van der Waals surface area (Å²) in [5.41, 5.74) is 2.42. The Kier molecular flexibility index (Phi) is 2.63. The van der Waals surface area contributed by atoms with E-state index in [0.717, 1.165) is 5.56 Å². The molecule has 0 unspecified atom stereocenters. The molecule has 6 heteroatoms. The third kappa shape index (κ3) is 1.65. The quantitative estimate of drug-likeness (QED) is 0.759. The summed E-state index contributed by atoms with van der Waals surface area (Å²) in [6, 6.07) is 1.82. The number of carbonyl (C=O) groups is 1. The molecule has 0 spiro atoms. The molecule has 0 fully saturated rings. The van der Waals surface area contributed by atoms with Crippen molar-refractivity contribution < 1.29 is 9.53 Å². The molecule has 0 aliphatic heterocycles. The monoisotopic (exact) mass is 218 g/mol. The maximum atomic E-state index is 11.4. The van der Waals surface area contributed by atoms with Gasteiger partial charge in [-0.15, -0.1) is 0 Å². The summed E-state index contributed by atoms with van der Waals surface area (Å²) in [7, 11) is 1.32. The van der Waals surface area contributed by atoms with Gasteiger partial charge in [-0.1, -0.05) is 0 Å². The van der Waals surface area contributed by atoms with Gasteiger partial charge in [-0.25, -0.2) is 4.79 Å². The average molecular weight is 218 g/mol. The smallest absolute Gasteiger partial charge is 0.356 e. The number of esters is 1. The van der Waals surface area contributed by atoms with Gasteiger partial charge in [0.25, 0.3) is 0 Å². The van der Waals surface area contributed by atoms with Gasteiger partial charge in [-0.2, -0.15) is 15.3 Å². The molecule has 0 radical (unpaired) electrons. The highest BCUT2D eigenvalue weighted by Gasteiger charge is 2.17. The van der Waals surface area contributed by atoms with E-state index in [2.05, 4.69) is 25.1 Å². The number of nitrogens with one attached hydrogen (secondary N) is 1. The van der Waals surface area contributed by atoms with Crippen LogP contribution in [0, 0.1) is 6.92 Å². The highest BCUT2D eigenvalue weighted by atomic mass is 16.5. The molecule has 2 heterocycles. The van der Waals surface area contributed by atoms with Gasteiger partial charge in [0.05, 0.1) is 24.6 Å². The summed E-state index contributed by atoms with van der Waals surface area (Å²) in [5.74, 6) is -0.474. The maximum Gasteiger partial charge on any atom is 0.356 e. The topological polar surface area (TPSA) is 80.8 Å². The molecular formula is C10H10N4O2. The lowest BCUT2D eigenvalue weighted by atomic mass is 10.1. The van der Waals surface area contributed by atoms with E-state index in [-0.39, 0.29) is 5.69 Å². The molecule has 0 aliphatic carbocycles. The van der Waals surface area contributed by atoms with Crippen molar-refractivity contribution in [1.29, 1.82) is 0 Å². The van der Waals surface area contributed by atoms with Crippen LogP contribution in [0.1, 0.15) is 16.1 Å². The number of carbonyl (C=O) groups excluding carboxylic acids is 1. The normalized spacial score (nSPS) is 10.1. The van der Waals surface area contributed by atoms with E-state index in [9.17, 15) is 4.79 Å². The number of hydrogen-bond donors (Lipinski definition) is 1. The molecule has 0 saturated heterocycles. The Morgan fingerprint density at radius 3 is 3.00 bits per heavy atom. The third-order valence-electron chi connectivity index (χ3n) is 2.21. The van der Waals surface area contributed by atoms with E-state index >= 15 is 0 Å². The lowest BCUT2D eigenvalue weighted by Gasteiger charge is -2.02. The van der Waals surface area contributed by atoms with Crippen LogP contribution in [0.4, 0.5) is 0 Å². The highest BCUT2D eigenvalue weighted by Crippen LogP contribution is 2.22. The minimum Gasteiger partial charge on any atom is -0.464 e. The van der Waals surface area contributed by atoms with Gasteiger partial charge in [-0.05, 0) is 18.6 Å². The largest absolute Gasteiger partial charge is 0.464 e. The molecule has 16 heavy (non-hydrogen) atoms. The molecule has 0 aromatic carbocycles. The van der Waals surface area contributed by atoms with Crippen LogP contribution >= 0.6 is 0 Å². The van der Waals surface area contributed by atoms with Gasteiger partial charge in [-0.3, -0.25) is 5.10 Å². The van der Waals surface area contributed by atoms with Gasteiger partial charge in [0.15, 0.2) is 5.69 Å². The molecule has 0 atom stereocenters. The number of hydrogen-bond acceptors (Lipinski definition) is 5. The molecule has 82 valence electrons. The van der Waals surface area contributed by atoms with Crippen LogP contribution in [0.5, 0.6) is 0 Å². The SMILES string of the molecule is COC(=O)c1[nH]ncc1-c1nnccc1C. The van der Waals surface area contributed by atoms with Gasteiger partial charge in [0.2, 0.25) is 0 Å². The number of rotatable bonds is 2. The Morgan fingerprint density at radius 2 is 2.31 bits per heavy atom. The zero-order chi connectivity index (χ0) is 11.5. The van der Waals surface area contributed by atoms with E-state index < -0.39 is 5.97 Å². The van der Waals surface area contributed by atoms with Crippen LogP contribution in [0.2, 0.25) is 0 Å². The summed E-state index contributed by atoms with van der Waals surface area (Å²) < 4.78 is 4.64. The van der Waals surface area contributed by atoms with Crippen LogP contribution < -0.4 is 0 Å². The highest BCUT2D eigenvalue weighted by molar-refractivity contribution is 5.94. The molecule has 0 aliphatic rings. The standard InChI is InChI=1S/C10H10N4O2/c1-6-3-4-11-13-8(6)7-5-12-14-9(7)10(15)16-2/h3-5H,1-2H3,(H,12,14). The van der Waals surface area contributed by atoms with Gasteiger partial charge < -0.3 is 4.74 Å². The summed E-state index contributed by atoms with van der Waals surface area (Å²) in [5, 5.41) is 14.2. The first-order valence-electron chi connectivity index (χ1n) is 4.64. The van der Waals surface area contributed by atoms with Crippen molar-refractivity contribution in [3.63, 3.8) is 0 Å². The Labute approximate surface area is 91.7 Å². The summed E-state index contributed by atoms with van der Waals surface area (Å²) in [6.45, 7) is 1.89. The molecule has 0 saturated carbocycles. The first kappa shape index (κ1) is 10.3. The lowest BCUT2D eigenvalue weighted by molar-refractivity contribution is 0.0595. The zero-order valence-electron chi connectivity index (χ0n) is 8.89. The van der Waals surface area contributed by atoms with E-state index in [1.807, 2.05) is 13.0 Å². The van der Waals surface area contributed by atoms with Gasteiger partial charge in [0, 0.05) is 6.20 Å². The Balaban J connectivity index is 2.53. The lowest BCUT2D eigenvalue weighted by Crippen LogP contribution is -2.04. The summed E-state index contributed by atoms with van der Waals surface area (Å²) >= 11 is 0. The van der Waals surface area contributed by atoms with Crippen molar-refractivity contribution >= 4 is 5.97 Å². The van der Waals surface area contributed by atoms with Crippen LogP contribution in [0.25, 0.3) is 11.3 Å². The molecule has 0 bridgehead atoms. The van der Waals surface area contributed by atoms with Crippen LogP contribution in [-0.4, -0.2) is 33.5 Å². The molecule has 6 nitrogen and oxygen atoms in total. The van der Waals surface area contributed by atoms with Gasteiger partial charge in [0.1, 0.15) is 0 Å². The second kappa shape index (κ2) is 4.09. The predicted octanol–water partition coefficient (Wildman–Crippen LogP) is 0.962. The van der Waals surface area contributed by atoms with Crippen LogP contribution in [0.15, 0.2) is 18.5 Å². The maximum absolute atomic E-state index is 11.4. The number of methoxy groups -OCH3 is 1. The fourth-order valence-electron chi connectivity index (χ4n) is 1.38. The zero-order valence-corrected chi connectivity index (χ0v) is 8.89. The first-order valence-corrected chi connectivity index (χ1v) is 4.64. The van der Waals surface area contributed by atoms with E-state index in [0.29, 0.717) is 11.3 Å². The molecule has 0 amide bonds. The molecule has 2 aromatic rings. The summed E-state index contributed by atoms with van der Waals surface area (Å²) in [4.78, 5) is 11.4. The second-order valence-corrected chi connectivity index (χ2v) is 3.21. The number of nitrogens with zero attached hydrogens (tertiary/aromatic N) is 3. The fraction of sp³-hybridized carbons (Fsp3) is 0.200. The number of aromatic nitrogens is 4. The second-order valence-electron chi connectivity index (χ2n) is 3.21. The number of aromatic amines is 1. The number of H-pyrrole nitrogens is 1. The third-order valence-corrected chi connectivity index (χ3v) is 2.21. The Hall–Kier alpha value is -2.24. The molecule has 1 N–H and O–H groups in total. The average Bonchev–Trinajstić information content (AvgIpc) is 2.77. The van der Waals surface area contributed by atoms with Crippen LogP contribution in [-0.2, 0) is 4.74 Å². The molecule has 2 aromatic heterocycles. The van der Waals surface area contributed by atoms with Crippen molar-refractivity contribution in [2.24, 2.45) is 0 Å². The number of ether oxygens (including phenoxy) is 1. The molecule has 2 rings (SSSR count). The van der Waals surface area contributed by atoms with Crippen molar-refractivity contribution in [1.82, 2.24) is 20.4 Å². The minimum atomic E-state index is -0.474. The van der Waals surface area contributed by atoms with E-state index in [4.69, 9.17) is 0 Å². The Morgan fingerprint density at radius 1 is 1.50 bits per heavy atom. The first-order chi connectivity index (χ1) is 7.74. The Bertz CT molecular complexity index is 521. The van der Waals surface area contributed by atoms with Crippen molar-refractivity contribution in [2.75, 3.05) is 7.11 Å². The van der Waals surface area contributed by atoms with Crippen LogP contribution in [0.3, 0.4) is 0 Å². The van der Waals surface area contributed by atoms with Crippen molar-refractivity contribution in [3.05, 3.63) is 29.7 Å². The molecular weight excluding hydrogens is 208 g/mol. The van der Waals surface area contributed by atoms with Crippen molar-refractivity contribution in [3.8, 4) is 11.3 Å². The minimum absolute atomic E-state index is 0.283. The van der Waals surface area contributed by atoms with E-state index in [1.165, 1.54) is 13.3 Å². The van der Waals surface area contributed by atoms with E-state index in [1.54, 1.807) is 6.20 Å². The fourth-order valence-corrected chi connectivity index (χ4v) is 1.38. The number of aryl methyl sites for hydroxylation is 1.